The number of aryl methyl sites for hydroxylation is 1. The monoisotopic (exact) mass is 338 g/mol. The van der Waals surface area contributed by atoms with Crippen LogP contribution in [0.15, 0.2) is 59.5 Å². The van der Waals surface area contributed by atoms with Crippen molar-refractivity contribution < 1.29 is 9.18 Å². The van der Waals surface area contributed by atoms with Gasteiger partial charge in [0.25, 0.3) is 5.56 Å². The van der Waals surface area contributed by atoms with Crippen molar-refractivity contribution in [2.45, 2.75) is 26.3 Å². The van der Waals surface area contributed by atoms with E-state index in [-0.39, 0.29) is 11.5 Å². The molecule has 3 aromatic rings. The first-order valence-electron chi connectivity index (χ1n) is 8.20. The molecule has 0 saturated carbocycles. The summed E-state index contributed by atoms with van der Waals surface area (Å²) in [7, 11) is 0. The first-order valence-corrected chi connectivity index (χ1v) is 8.20. The maximum atomic E-state index is 13.3. The van der Waals surface area contributed by atoms with E-state index in [1.165, 1.54) is 34.5 Å². The smallest absolute Gasteiger partial charge is 0.259 e. The van der Waals surface area contributed by atoms with Crippen molar-refractivity contribution in [3.63, 3.8) is 0 Å². The highest BCUT2D eigenvalue weighted by molar-refractivity contribution is 5.93. The molecule has 0 aliphatic carbocycles. The summed E-state index contributed by atoms with van der Waals surface area (Å²) in [6, 6.07) is 12.5. The Labute approximate surface area is 144 Å². The summed E-state index contributed by atoms with van der Waals surface area (Å²) in [5, 5.41) is 3.72. The van der Waals surface area contributed by atoms with Crippen molar-refractivity contribution in [2.24, 2.45) is 0 Å². The highest BCUT2D eigenvalue weighted by Crippen LogP contribution is 2.16. The minimum absolute atomic E-state index is 0.284. The molecule has 0 aliphatic rings. The summed E-state index contributed by atoms with van der Waals surface area (Å²) in [5.74, 6) is -0.682. The van der Waals surface area contributed by atoms with Crippen LogP contribution >= 0.6 is 0 Å². The molecule has 0 saturated heterocycles. The fraction of sp³-hybridized carbons (Fsp3) is 0.200. The second kappa shape index (κ2) is 6.89. The lowest BCUT2D eigenvalue weighted by molar-refractivity contribution is -0.118. The van der Waals surface area contributed by atoms with Gasteiger partial charge in [-0.1, -0.05) is 19.1 Å². The molecule has 4 nitrogen and oxygen atoms in total. The summed E-state index contributed by atoms with van der Waals surface area (Å²) in [6.45, 7) is 3.72. The van der Waals surface area contributed by atoms with Crippen LogP contribution in [0.25, 0.3) is 10.8 Å². The van der Waals surface area contributed by atoms with Crippen molar-refractivity contribution in [3.8, 4) is 0 Å². The number of aromatic nitrogens is 1. The lowest BCUT2D eigenvalue weighted by Crippen LogP contribution is -2.31. The van der Waals surface area contributed by atoms with Gasteiger partial charge in [-0.15, -0.1) is 0 Å². The summed E-state index contributed by atoms with van der Waals surface area (Å²) in [4.78, 5) is 25.1. The summed E-state index contributed by atoms with van der Waals surface area (Å²) in [5.41, 5.74) is 1.55. The largest absolute Gasteiger partial charge is 0.324 e. The maximum absolute atomic E-state index is 13.3. The quantitative estimate of drug-likeness (QED) is 0.784. The van der Waals surface area contributed by atoms with Crippen LogP contribution in [0.1, 0.15) is 25.5 Å². The minimum atomic E-state index is -0.687. The molecule has 0 aliphatic heterocycles. The number of pyridine rings is 1. The molecule has 1 N–H and O–H groups in total. The zero-order chi connectivity index (χ0) is 18.0. The van der Waals surface area contributed by atoms with Gasteiger partial charge in [0.15, 0.2) is 0 Å². The highest BCUT2D eigenvalue weighted by atomic mass is 19.1. The standard InChI is InChI=1S/C20H19FN2O2/c1-3-14-4-7-17(8-5-14)22-19(24)13(2)23-11-10-15-12-16(21)6-9-18(15)20(23)25/h4-13H,3H2,1-2H3,(H,22,24)/t13-/m1/s1. The topological polar surface area (TPSA) is 51.1 Å². The Morgan fingerprint density at radius 1 is 1.16 bits per heavy atom. The van der Waals surface area contributed by atoms with Gasteiger partial charge in [-0.25, -0.2) is 4.39 Å². The average molecular weight is 338 g/mol. The van der Waals surface area contributed by atoms with Gasteiger partial charge in [0.1, 0.15) is 11.9 Å². The van der Waals surface area contributed by atoms with Crippen molar-refractivity contribution in [1.29, 1.82) is 0 Å². The second-order valence-electron chi connectivity index (χ2n) is 5.98. The van der Waals surface area contributed by atoms with Crippen molar-refractivity contribution in [1.82, 2.24) is 4.57 Å². The first kappa shape index (κ1) is 16.9. The van der Waals surface area contributed by atoms with Crippen LogP contribution < -0.4 is 10.9 Å². The summed E-state index contributed by atoms with van der Waals surface area (Å²) >= 11 is 0. The Hall–Kier alpha value is -2.95. The Morgan fingerprint density at radius 2 is 1.88 bits per heavy atom. The molecule has 128 valence electrons. The van der Waals surface area contributed by atoms with E-state index in [2.05, 4.69) is 12.2 Å². The molecule has 1 heterocycles. The maximum Gasteiger partial charge on any atom is 0.259 e. The number of amides is 1. The van der Waals surface area contributed by atoms with Crippen LogP contribution in [0.4, 0.5) is 10.1 Å². The first-order chi connectivity index (χ1) is 12.0. The van der Waals surface area contributed by atoms with Gasteiger partial charge in [-0.3, -0.25) is 9.59 Å². The molecule has 0 bridgehead atoms. The van der Waals surface area contributed by atoms with Crippen molar-refractivity contribution in [3.05, 3.63) is 76.5 Å². The fourth-order valence-corrected chi connectivity index (χ4v) is 2.74. The Morgan fingerprint density at radius 3 is 2.56 bits per heavy atom. The summed E-state index contributed by atoms with van der Waals surface area (Å²) < 4.78 is 14.6. The van der Waals surface area contributed by atoms with Crippen LogP contribution in [0.3, 0.4) is 0 Å². The fourth-order valence-electron chi connectivity index (χ4n) is 2.74. The molecule has 3 rings (SSSR count). The van der Waals surface area contributed by atoms with Gasteiger partial charge in [0.05, 0.1) is 0 Å². The van der Waals surface area contributed by atoms with Gasteiger partial charge in [0.2, 0.25) is 5.91 Å². The highest BCUT2D eigenvalue weighted by Gasteiger charge is 2.17. The Kier molecular flexibility index (Phi) is 4.65. The number of halogens is 1. The summed E-state index contributed by atoms with van der Waals surface area (Å²) in [6.07, 6.45) is 2.45. The predicted molar refractivity (Wildman–Crippen MR) is 97.3 cm³/mol. The number of hydrogen-bond donors (Lipinski definition) is 1. The number of hydrogen-bond acceptors (Lipinski definition) is 2. The SMILES string of the molecule is CCc1ccc(NC(=O)[C@@H](C)n2ccc3cc(F)ccc3c2=O)cc1. The number of benzene rings is 2. The van der Waals surface area contributed by atoms with Gasteiger partial charge in [0, 0.05) is 17.3 Å². The van der Waals surface area contributed by atoms with Gasteiger partial charge in [-0.05, 0) is 60.7 Å². The normalized spacial score (nSPS) is 12.1. The Balaban J connectivity index is 1.86. The molecule has 2 aromatic carbocycles. The molecule has 0 fully saturated rings. The molecular formula is C20H19FN2O2. The molecule has 25 heavy (non-hydrogen) atoms. The third-order valence-corrected chi connectivity index (χ3v) is 4.32. The van der Waals surface area contributed by atoms with Crippen LogP contribution in [0.5, 0.6) is 0 Å². The molecule has 1 aromatic heterocycles. The van der Waals surface area contributed by atoms with Crippen molar-refractivity contribution in [2.75, 3.05) is 5.32 Å². The molecule has 0 spiro atoms. The molecular weight excluding hydrogens is 319 g/mol. The van der Waals surface area contributed by atoms with Crippen LogP contribution in [0.2, 0.25) is 0 Å². The van der Waals surface area contributed by atoms with E-state index in [1.54, 1.807) is 13.0 Å². The van der Waals surface area contributed by atoms with Crippen LogP contribution in [-0.2, 0) is 11.2 Å². The lowest BCUT2D eigenvalue weighted by Gasteiger charge is -2.16. The Bertz CT molecular complexity index is 977. The van der Waals surface area contributed by atoms with E-state index in [4.69, 9.17) is 0 Å². The van der Waals surface area contributed by atoms with E-state index in [1.807, 2.05) is 24.3 Å². The van der Waals surface area contributed by atoms with E-state index in [0.717, 1.165) is 6.42 Å². The molecule has 5 heteroatoms. The lowest BCUT2D eigenvalue weighted by atomic mass is 10.1. The van der Waals surface area contributed by atoms with Crippen LogP contribution in [-0.4, -0.2) is 10.5 Å². The third kappa shape index (κ3) is 3.45. The minimum Gasteiger partial charge on any atom is -0.324 e. The van der Waals surface area contributed by atoms with Crippen LogP contribution in [0, 0.1) is 5.82 Å². The number of carbonyl (C=O) groups excluding carboxylic acids is 1. The number of fused-ring (bicyclic) bond motifs is 1. The number of carbonyl (C=O) groups is 1. The number of anilines is 1. The molecule has 0 unspecified atom stereocenters. The van der Waals surface area contributed by atoms with E-state index < -0.39 is 11.9 Å². The predicted octanol–water partition coefficient (Wildman–Crippen LogP) is 3.90. The van der Waals surface area contributed by atoms with Gasteiger partial charge < -0.3 is 9.88 Å². The average Bonchev–Trinajstić information content (AvgIpc) is 2.62. The number of rotatable bonds is 4. The van der Waals surface area contributed by atoms with E-state index in [0.29, 0.717) is 16.5 Å². The zero-order valence-corrected chi connectivity index (χ0v) is 14.1. The van der Waals surface area contributed by atoms with E-state index in [9.17, 15) is 14.0 Å². The van der Waals surface area contributed by atoms with Gasteiger partial charge >= 0.3 is 0 Å². The molecule has 0 radical (unpaired) electrons. The zero-order valence-electron chi connectivity index (χ0n) is 14.1. The molecule has 1 amide bonds. The third-order valence-electron chi connectivity index (χ3n) is 4.32. The second-order valence-corrected chi connectivity index (χ2v) is 5.98. The van der Waals surface area contributed by atoms with Crippen molar-refractivity contribution >= 4 is 22.4 Å². The number of nitrogens with one attached hydrogen (secondary N) is 1. The number of nitrogens with zero attached hydrogens (tertiary/aromatic N) is 1. The molecule has 1 atom stereocenters. The van der Waals surface area contributed by atoms with E-state index >= 15 is 0 Å². The van der Waals surface area contributed by atoms with Gasteiger partial charge in [-0.2, -0.15) is 0 Å².